The summed E-state index contributed by atoms with van der Waals surface area (Å²) < 4.78 is 16.1. The van der Waals surface area contributed by atoms with Crippen LogP contribution >= 0.6 is 0 Å². The Hall–Kier alpha value is -3.52. The summed E-state index contributed by atoms with van der Waals surface area (Å²) in [5.41, 5.74) is 3.30. The van der Waals surface area contributed by atoms with Crippen LogP contribution in [0.5, 0.6) is 5.75 Å². The third kappa shape index (κ3) is 4.80. The monoisotopic (exact) mass is 448 g/mol. The Kier molecular flexibility index (Phi) is 6.55. The van der Waals surface area contributed by atoms with Crippen molar-refractivity contribution < 1.29 is 9.50 Å². The molecule has 1 aliphatic heterocycles. The number of phenolic OH excluding ortho intramolecular Hbond substituents is 1. The Labute approximate surface area is 193 Å². The van der Waals surface area contributed by atoms with E-state index in [2.05, 4.69) is 38.9 Å². The number of halogens is 1. The van der Waals surface area contributed by atoms with Crippen molar-refractivity contribution in [3.05, 3.63) is 66.4 Å². The van der Waals surface area contributed by atoms with E-state index in [4.69, 9.17) is 0 Å². The van der Waals surface area contributed by atoms with Gasteiger partial charge in [-0.15, -0.1) is 10.2 Å². The molecule has 0 radical (unpaired) electrons. The van der Waals surface area contributed by atoms with Crippen molar-refractivity contribution in [3.63, 3.8) is 0 Å². The number of imidazole rings is 1. The third-order valence-electron chi connectivity index (χ3n) is 5.94. The minimum absolute atomic E-state index is 0.0227. The number of nitrogens with one attached hydrogen (secondary N) is 1. The molecule has 3 heterocycles. The average molecular weight is 449 g/mol. The number of nitrogens with zero attached hydrogens (tertiary/aromatic N) is 5. The zero-order valence-electron chi connectivity index (χ0n) is 19.2. The SMILES string of the molecule is C=C/C(=N\N=C(/C)N1CCNC(CC)C1)c1ccc(-c2cc(F)c3nc(C)cn3c2)cc1O. The third-order valence-corrected chi connectivity index (χ3v) is 5.94. The number of pyridine rings is 1. The Bertz CT molecular complexity index is 1250. The van der Waals surface area contributed by atoms with Crippen molar-refractivity contribution in [2.75, 3.05) is 19.6 Å². The highest BCUT2D eigenvalue weighted by molar-refractivity contribution is 6.10. The Balaban J connectivity index is 1.60. The van der Waals surface area contributed by atoms with Crippen molar-refractivity contribution in [1.29, 1.82) is 0 Å². The number of aryl methyl sites for hydroxylation is 1. The van der Waals surface area contributed by atoms with Gasteiger partial charge in [-0.3, -0.25) is 0 Å². The van der Waals surface area contributed by atoms with E-state index in [1.54, 1.807) is 35.0 Å². The summed E-state index contributed by atoms with van der Waals surface area (Å²) in [6.45, 7) is 12.4. The number of hydrogen-bond donors (Lipinski definition) is 2. The first-order valence-electron chi connectivity index (χ1n) is 11.1. The number of benzene rings is 1. The van der Waals surface area contributed by atoms with Crippen molar-refractivity contribution in [1.82, 2.24) is 19.6 Å². The molecule has 1 unspecified atom stereocenters. The van der Waals surface area contributed by atoms with Crippen LogP contribution in [0.15, 0.2) is 59.5 Å². The average Bonchev–Trinajstić information content (AvgIpc) is 3.21. The fourth-order valence-corrected chi connectivity index (χ4v) is 4.05. The number of piperazine rings is 1. The predicted octanol–water partition coefficient (Wildman–Crippen LogP) is 4.15. The largest absolute Gasteiger partial charge is 0.507 e. The molecule has 1 fully saturated rings. The van der Waals surface area contributed by atoms with Gasteiger partial charge in [-0.25, -0.2) is 9.37 Å². The van der Waals surface area contributed by atoms with Crippen molar-refractivity contribution in [2.24, 2.45) is 10.2 Å². The molecule has 33 heavy (non-hydrogen) atoms. The van der Waals surface area contributed by atoms with Gasteiger partial charge in [0, 0.05) is 49.2 Å². The summed E-state index contributed by atoms with van der Waals surface area (Å²) in [7, 11) is 0. The normalized spacial score (nSPS) is 17.6. The van der Waals surface area contributed by atoms with Gasteiger partial charge in [-0.1, -0.05) is 19.6 Å². The minimum atomic E-state index is -0.416. The van der Waals surface area contributed by atoms with E-state index >= 15 is 0 Å². The highest BCUT2D eigenvalue weighted by Gasteiger charge is 2.18. The fourth-order valence-electron chi connectivity index (χ4n) is 4.05. The first-order chi connectivity index (χ1) is 15.9. The number of allylic oxidation sites excluding steroid dienone is 1. The van der Waals surface area contributed by atoms with Crippen molar-refractivity contribution in [3.8, 4) is 16.9 Å². The number of fused-ring (bicyclic) bond motifs is 1. The predicted molar refractivity (Wildman–Crippen MR) is 130 cm³/mol. The molecule has 0 bridgehead atoms. The van der Waals surface area contributed by atoms with E-state index in [0.717, 1.165) is 37.6 Å². The molecular weight excluding hydrogens is 419 g/mol. The second kappa shape index (κ2) is 9.54. The van der Waals surface area contributed by atoms with Gasteiger partial charge in [-0.05, 0) is 50.1 Å². The molecule has 2 N–H and O–H groups in total. The van der Waals surface area contributed by atoms with Gasteiger partial charge < -0.3 is 19.7 Å². The van der Waals surface area contributed by atoms with E-state index in [0.29, 0.717) is 28.4 Å². The maximum absolute atomic E-state index is 14.5. The van der Waals surface area contributed by atoms with Crippen molar-refractivity contribution in [2.45, 2.75) is 33.2 Å². The summed E-state index contributed by atoms with van der Waals surface area (Å²) in [6, 6.07) is 7.02. The fraction of sp³-hybridized carbons (Fsp3) is 0.320. The standard InChI is InChI=1S/C25H29FN6O/c1-5-20-15-31(10-9-27-20)17(4)29-30-23(6-2)21-8-7-18(12-24(21)33)19-11-22(26)25-28-16(3)13-32(25)14-19/h6-8,11-14,20,27,33H,2,5,9-10,15H2,1,3-4H3/b29-17+,30-23+. The van der Waals surface area contributed by atoms with Crippen LogP contribution < -0.4 is 5.32 Å². The zero-order chi connectivity index (χ0) is 23.5. The molecule has 172 valence electrons. The molecule has 8 heteroatoms. The van der Waals surface area contributed by atoms with Gasteiger partial charge in [0.1, 0.15) is 11.6 Å². The van der Waals surface area contributed by atoms with Crippen LogP contribution in [0.4, 0.5) is 4.39 Å². The Morgan fingerprint density at radius 2 is 2.12 bits per heavy atom. The summed E-state index contributed by atoms with van der Waals surface area (Å²) >= 11 is 0. The van der Waals surface area contributed by atoms with E-state index in [1.807, 2.05) is 19.9 Å². The lowest BCUT2D eigenvalue weighted by Crippen LogP contribution is -2.51. The second-order valence-electron chi connectivity index (χ2n) is 8.26. The summed E-state index contributed by atoms with van der Waals surface area (Å²) in [6.07, 6.45) is 6.18. The molecule has 0 aliphatic carbocycles. The Morgan fingerprint density at radius 3 is 2.85 bits per heavy atom. The highest BCUT2D eigenvalue weighted by Crippen LogP contribution is 2.28. The number of aromatic hydroxyl groups is 1. The topological polar surface area (TPSA) is 77.5 Å². The molecule has 0 amide bonds. The molecule has 1 aromatic carbocycles. The lowest BCUT2D eigenvalue weighted by atomic mass is 10.0. The summed E-state index contributed by atoms with van der Waals surface area (Å²) in [5, 5.41) is 22.9. The van der Waals surface area contributed by atoms with Crippen LogP contribution in [-0.2, 0) is 0 Å². The van der Waals surface area contributed by atoms with Crippen LogP contribution in [-0.4, -0.2) is 56.6 Å². The van der Waals surface area contributed by atoms with Crippen LogP contribution in [0.3, 0.4) is 0 Å². The molecule has 1 saturated heterocycles. The maximum Gasteiger partial charge on any atom is 0.173 e. The smallest absolute Gasteiger partial charge is 0.173 e. The highest BCUT2D eigenvalue weighted by atomic mass is 19.1. The van der Waals surface area contributed by atoms with Gasteiger partial charge >= 0.3 is 0 Å². The molecule has 7 nitrogen and oxygen atoms in total. The first-order valence-corrected chi connectivity index (χ1v) is 11.1. The van der Waals surface area contributed by atoms with Gasteiger partial charge in [0.05, 0.1) is 11.4 Å². The molecule has 3 aromatic rings. The molecule has 0 spiro atoms. The van der Waals surface area contributed by atoms with Gasteiger partial charge in [0.25, 0.3) is 0 Å². The summed E-state index contributed by atoms with van der Waals surface area (Å²) in [4.78, 5) is 6.39. The van der Waals surface area contributed by atoms with Crippen LogP contribution in [0.25, 0.3) is 16.8 Å². The lowest BCUT2D eigenvalue weighted by molar-refractivity contribution is 0.285. The van der Waals surface area contributed by atoms with E-state index in [-0.39, 0.29) is 11.4 Å². The van der Waals surface area contributed by atoms with E-state index < -0.39 is 5.82 Å². The van der Waals surface area contributed by atoms with Gasteiger partial charge in [0.2, 0.25) is 0 Å². The number of hydrogen-bond acceptors (Lipinski definition) is 5. The number of amidine groups is 1. The molecule has 0 saturated carbocycles. The number of aromatic nitrogens is 2. The van der Waals surface area contributed by atoms with Crippen LogP contribution in [0.2, 0.25) is 0 Å². The first kappa shape index (κ1) is 22.7. The van der Waals surface area contributed by atoms with Crippen molar-refractivity contribution >= 4 is 17.2 Å². The number of phenols is 1. The zero-order valence-corrected chi connectivity index (χ0v) is 19.2. The lowest BCUT2D eigenvalue weighted by Gasteiger charge is -2.34. The summed E-state index contributed by atoms with van der Waals surface area (Å²) in [5.74, 6) is 0.430. The van der Waals surface area contributed by atoms with E-state index in [1.165, 1.54) is 6.07 Å². The van der Waals surface area contributed by atoms with Crippen LogP contribution in [0, 0.1) is 12.7 Å². The van der Waals surface area contributed by atoms with Gasteiger partial charge in [-0.2, -0.15) is 0 Å². The number of rotatable bonds is 5. The molecule has 1 atom stereocenters. The Morgan fingerprint density at radius 1 is 1.30 bits per heavy atom. The van der Waals surface area contributed by atoms with Crippen LogP contribution in [0.1, 0.15) is 31.5 Å². The molecule has 2 aromatic heterocycles. The molecule has 1 aliphatic rings. The van der Waals surface area contributed by atoms with Gasteiger partial charge in [0.15, 0.2) is 11.5 Å². The van der Waals surface area contributed by atoms with E-state index in [9.17, 15) is 9.50 Å². The molecule has 4 rings (SSSR count). The minimum Gasteiger partial charge on any atom is -0.507 e. The maximum atomic E-state index is 14.5. The quantitative estimate of drug-likeness (QED) is 0.349. The second-order valence-corrected chi connectivity index (χ2v) is 8.26. The molecular formula is C25H29FN6O.